The highest BCUT2D eigenvalue weighted by molar-refractivity contribution is 5.96. The molecule has 0 saturated heterocycles. The van der Waals surface area contributed by atoms with Crippen molar-refractivity contribution in [2.75, 3.05) is 23.3 Å². The van der Waals surface area contributed by atoms with Crippen LogP contribution in [-0.2, 0) is 4.79 Å². The van der Waals surface area contributed by atoms with Crippen LogP contribution >= 0.6 is 0 Å². The Balaban J connectivity index is 1.93. The van der Waals surface area contributed by atoms with Gasteiger partial charge in [-0.1, -0.05) is 13.3 Å². The fraction of sp³-hybridized carbons (Fsp3) is 0.348. The summed E-state index contributed by atoms with van der Waals surface area (Å²) in [4.78, 5) is 26.1. The summed E-state index contributed by atoms with van der Waals surface area (Å²) in [5, 5.41) is 16.9. The second kappa shape index (κ2) is 11.6. The van der Waals surface area contributed by atoms with Gasteiger partial charge in [0.2, 0.25) is 5.91 Å². The summed E-state index contributed by atoms with van der Waals surface area (Å²) >= 11 is 0. The molecule has 7 nitrogen and oxygen atoms in total. The standard InChI is InChI=1S/C23H30N4O3/c1-4-7-8-22(29)25-19-12-9-17(10-13-19)23(30)26-24-16-18-11-14-20(15-21(18)28)27(5-2)6-3/h9-16,28H,4-8H2,1-3H3,(H,25,29)(H,26,30). The summed E-state index contributed by atoms with van der Waals surface area (Å²) in [6, 6.07) is 12.0. The molecule has 0 fully saturated rings. The number of hydrogen-bond acceptors (Lipinski definition) is 5. The van der Waals surface area contributed by atoms with E-state index < -0.39 is 0 Å². The fourth-order valence-electron chi connectivity index (χ4n) is 2.92. The highest BCUT2D eigenvalue weighted by atomic mass is 16.3. The van der Waals surface area contributed by atoms with E-state index >= 15 is 0 Å². The molecule has 0 bridgehead atoms. The number of hydrogen-bond donors (Lipinski definition) is 3. The molecule has 0 aliphatic carbocycles. The molecule has 2 amide bonds. The number of benzene rings is 2. The third-order valence-electron chi connectivity index (χ3n) is 4.70. The van der Waals surface area contributed by atoms with Gasteiger partial charge in [-0.2, -0.15) is 5.10 Å². The molecule has 0 radical (unpaired) electrons. The Morgan fingerprint density at radius 2 is 1.77 bits per heavy atom. The average Bonchev–Trinajstić information content (AvgIpc) is 2.75. The lowest BCUT2D eigenvalue weighted by molar-refractivity contribution is -0.116. The molecule has 0 aliphatic heterocycles. The Morgan fingerprint density at radius 3 is 2.37 bits per heavy atom. The minimum Gasteiger partial charge on any atom is -0.507 e. The second-order valence-corrected chi connectivity index (χ2v) is 6.84. The van der Waals surface area contributed by atoms with E-state index in [2.05, 4.69) is 34.6 Å². The van der Waals surface area contributed by atoms with Crippen molar-refractivity contribution in [3.05, 3.63) is 53.6 Å². The maximum atomic E-state index is 12.2. The molecule has 0 unspecified atom stereocenters. The third-order valence-corrected chi connectivity index (χ3v) is 4.70. The SMILES string of the molecule is CCCCC(=O)Nc1ccc(C(=O)NN=Cc2ccc(N(CC)CC)cc2O)cc1. The van der Waals surface area contributed by atoms with Crippen LogP contribution in [0.4, 0.5) is 11.4 Å². The van der Waals surface area contributed by atoms with Crippen LogP contribution in [0.2, 0.25) is 0 Å². The molecule has 0 aromatic heterocycles. The van der Waals surface area contributed by atoms with E-state index in [1.165, 1.54) is 6.21 Å². The molecule has 30 heavy (non-hydrogen) atoms. The minimum atomic E-state index is -0.380. The van der Waals surface area contributed by atoms with Crippen molar-refractivity contribution in [3.8, 4) is 5.75 Å². The second-order valence-electron chi connectivity index (χ2n) is 6.84. The van der Waals surface area contributed by atoms with Crippen LogP contribution in [0.15, 0.2) is 47.6 Å². The molecule has 7 heteroatoms. The quantitative estimate of drug-likeness (QED) is 0.405. The molecule has 0 spiro atoms. The van der Waals surface area contributed by atoms with E-state index in [1.54, 1.807) is 36.4 Å². The maximum Gasteiger partial charge on any atom is 0.271 e. The first kappa shape index (κ1) is 22.9. The van der Waals surface area contributed by atoms with Crippen LogP contribution in [0.3, 0.4) is 0 Å². The molecule has 0 aliphatic rings. The van der Waals surface area contributed by atoms with E-state index in [9.17, 15) is 14.7 Å². The normalized spacial score (nSPS) is 10.8. The maximum absolute atomic E-state index is 12.2. The van der Waals surface area contributed by atoms with Gasteiger partial charge in [0.15, 0.2) is 0 Å². The molecule has 0 saturated carbocycles. The average molecular weight is 411 g/mol. The Hall–Kier alpha value is -3.35. The molecule has 0 atom stereocenters. The van der Waals surface area contributed by atoms with Gasteiger partial charge in [-0.25, -0.2) is 5.43 Å². The smallest absolute Gasteiger partial charge is 0.271 e. The molecule has 0 heterocycles. The number of carbonyl (C=O) groups is 2. The third kappa shape index (κ3) is 6.62. The highest BCUT2D eigenvalue weighted by Gasteiger charge is 2.08. The summed E-state index contributed by atoms with van der Waals surface area (Å²) in [5.41, 5.74) is 4.95. The number of carbonyl (C=O) groups excluding carboxylic acids is 2. The lowest BCUT2D eigenvalue weighted by atomic mass is 10.2. The number of rotatable bonds is 10. The summed E-state index contributed by atoms with van der Waals surface area (Å²) in [6.45, 7) is 7.84. The summed E-state index contributed by atoms with van der Waals surface area (Å²) in [7, 11) is 0. The van der Waals surface area contributed by atoms with Gasteiger partial charge in [0, 0.05) is 48.1 Å². The lowest BCUT2D eigenvalue weighted by Crippen LogP contribution is -2.21. The lowest BCUT2D eigenvalue weighted by Gasteiger charge is -2.21. The van der Waals surface area contributed by atoms with Crippen molar-refractivity contribution in [2.45, 2.75) is 40.0 Å². The van der Waals surface area contributed by atoms with E-state index in [4.69, 9.17) is 0 Å². The zero-order valence-corrected chi connectivity index (χ0v) is 17.8. The predicted molar refractivity (Wildman–Crippen MR) is 121 cm³/mol. The monoisotopic (exact) mass is 410 g/mol. The van der Waals surface area contributed by atoms with Gasteiger partial charge in [0.1, 0.15) is 5.75 Å². The number of nitrogens with zero attached hydrogens (tertiary/aromatic N) is 2. The van der Waals surface area contributed by atoms with Gasteiger partial charge in [0.25, 0.3) is 5.91 Å². The number of hydrazone groups is 1. The number of aromatic hydroxyl groups is 1. The number of nitrogens with one attached hydrogen (secondary N) is 2. The Labute approximate surface area is 177 Å². The van der Waals surface area contributed by atoms with Crippen molar-refractivity contribution in [1.82, 2.24) is 5.43 Å². The Bertz CT molecular complexity index is 875. The predicted octanol–water partition coefficient (Wildman–Crippen LogP) is 4.13. The van der Waals surface area contributed by atoms with Gasteiger partial charge < -0.3 is 15.3 Å². The number of phenols is 1. The molecule has 3 N–H and O–H groups in total. The van der Waals surface area contributed by atoms with E-state index in [0.717, 1.165) is 31.6 Å². The Morgan fingerprint density at radius 1 is 1.07 bits per heavy atom. The van der Waals surface area contributed by atoms with E-state index in [-0.39, 0.29) is 17.6 Å². The molecular formula is C23H30N4O3. The number of anilines is 2. The Kier molecular flexibility index (Phi) is 8.87. The van der Waals surface area contributed by atoms with Crippen LogP contribution < -0.4 is 15.6 Å². The first-order chi connectivity index (χ1) is 14.5. The van der Waals surface area contributed by atoms with Crippen LogP contribution in [-0.4, -0.2) is 36.2 Å². The van der Waals surface area contributed by atoms with Crippen molar-refractivity contribution in [1.29, 1.82) is 0 Å². The number of unbranched alkanes of at least 4 members (excludes halogenated alkanes) is 1. The summed E-state index contributed by atoms with van der Waals surface area (Å²) in [5.74, 6) is -0.319. The van der Waals surface area contributed by atoms with Crippen LogP contribution in [0.25, 0.3) is 0 Å². The number of phenolic OH excluding ortho intramolecular Hbond substituents is 1. The topological polar surface area (TPSA) is 94.0 Å². The van der Waals surface area contributed by atoms with Gasteiger partial charge in [-0.05, 0) is 56.7 Å². The molecule has 2 rings (SSSR count). The fourth-order valence-corrected chi connectivity index (χ4v) is 2.92. The van der Waals surface area contributed by atoms with Crippen molar-refractivity contribution in [3.63, 3.8) is 0 Å². The number of amides is 2. The van der Waals surface area contributed by atoms with Crippen LogP contribution in [0, 0.1) is 0 Å². The summed E-state index contributed by atoms with van der Waals surface area (Å²) in [6.07, 6.45) is 3.70. The van der Waals surface area contributed by atoms with Gasteiger partial charge in [-0.15, -0.1) is 0 Å². The first-order valence-electron chi connectivity index (χ1n) is 10.3. The van der Waals surface area contributed by atoms with E-state index in [1.807, 2.05) is 13.0 Å². The largest absolute Gasteiger partial charge is 0.507 e. The van der Waals surface area contributed by atoms with Gasteiger partial charge in [0.05, 0.1) is 6.21 Å². The molecule has 2 aromatic rings. The highest BCUT2D eigenvalue weighted by Crippen LogP contribution is 2.23. The zero-order valence-electron chi connectivity index (χ0n) is 17.8. The van der Waals surface area contributed by atoms with Crippen LogP contribution in [0.1, 0.15) is 56.0 Å². The first-order valence-corrected chi connectivity index (χ1v) is 10.3. The summed E-state index contributed by atoms with van der Waals surface area (Å²) < 4.78 is 0. The molecule has 160 valence electrons. The molecular weight excluding hydrogens is 380 g/mol. The zero-order chi connectivity index (χ0) is 21.9. The van der Waals surface area contributed by atoms with Crippen molar-refractivity contribution >= 4 is 29.4 Å². The van der Waals surface area contributed by atoms with Crippen molar-refractivity contribution < 1.29 is 14.7 Å². The van der Waals surface area contributed by atoms with E-state index in [0.29, 0.717) is 23.2 Å². The molecule has 2 aromatic carbocycles. The van der Waals surface area contributed by atoms with Gasteiger partial charge in [-0.3, -0.25) is 9.59 Å². The van der Waals surface area contributed by atoms with Crippen LogP contribution in [0.5, 0.6) is 5.75 Å². The van der Waals surface area contributed by atoms with Crippen molar-refractivity contribution in [2.24, 2.45) is 5.10 Å². The minimum absolute atomic E-state index is 0.0366. The van der Waals surface area contributed by atoms with Gasteiger partial charge >= 0.3 is 0 Å².